The number of ether oxygens (including phenoxy) is 1. The molecule has 1 saturated heterocycles. The van der Waals surface area contributed by atoms with Crippen LogP contribution in [0.4, 0.5) is 0 Å². The van der Waals surface area contributed by atoms with Gasteiger partial charge in [-0.25, -0.2) is 0 Å². The Morgan fingerprint density at radius 1 is 1.38 bits per heavy atom. The summed E-state index contributed by atoms with van der Waals surface area (Å²) in [6.45, 7) is 7.75. The molecule has 4 heteroatoms. The molecule has 0 radical (unpaired) electrons. The van der Waals surface area contributed by atoms with E-state index < -0.39 is 0 Å². The van der Waals surface area contributed by atoms with E-state index in [0.717, 1.165) is 25.4 Å². The molecule has 0 aromatic heterocycles. The monoisotopic (exact) mass is 354 g/mol. The number of methoxy groups -OCH3 is 1. The van der Waals surface area contributed by atoms with Gasteiger partial charge in [-0.05, 0) is 36.6 Å². The van der Waals surface area contributed by atoms with Crippen LogP contribution >= 0.6 is 15.9 Å². The van der Waals surface area contributed by atoms with E-state index >= 15 is 0 Å². The minimum Gasteiger partial charge on any atom is -0.497 e. The summed E-state index contributed by atoms with van der Waals surface area (Å²) in [6, 6.07) is 7.49. The van der Waals surface area contributed by atoms with Gasteiger partial charge in [0.1, 0.15) is 5.75 Å². The van der Waals surface area contributed by atoms with Crippen LogP contribution in [0, 0.1) is 0 Å². The highest BCUT2D eigenvalue weighted by atomic mass is 79.9. The zero-order chi connectivity index (χ0) is 15.2. The van der Waals surface area contributed by atoms with Gasteiger partial charge >= 0.3 is 0 Å². The Labute approximate surface area is 137 Å². The lowest BCUT2D eigenvalue weighted by Gasteiger charge is -2.40. The molecule has 0 aliphatic carbocycles. The lowest BCUT2D eigenvalue weighted by atomic mass is 10.0. The van der Waals surface area contributed by atoms with Gasteiger partial charge in [-0.1, -0.05) is 36.2 Å². The molecule has 1 fully saturated rings. The first-order valence-electron chi connectivity index (χ1n) is 7.97. The Bertz CT molecular complexity index is 452. The van der Waals surface area contributed by atoms with E-state index in [2.05, 4.69) is 52.1 Å². The lowest BCUT2D eigenvalue weighted by molar-refractivity contribution is 0.113. The summed E-state index contributed by atoms with van der Waals surface area (Å²) in [5.41, 5.74) is 1.31. The van der Waals surface area contributed by atoms with E-state index in [0.29, 0.717) is 12.1 Å². The fourth-order valence-corrected chi connectivity index (χ4v) is 3.40. The van der Waals surface area contributed by atoms with Crippen LogP contribution in [-0.4, -0.2) is 37.2 Å². The largest absolute Gasteiger partial charge is 0.497 e. The minimum absolute atomic E-state index is 0.613. The van der Waals surface area contributed by atoms with Crippen LogP contribution in [0.2, 0.25) is 0 Å². The Balaban J connectivity index is 2.13. The molecule has 0 spiro atoms. The standard InChI is InChI=1S/C17H27BrN2O/c1-4-6-15-10-19-14(5-2)12-20(15)11-13-9-16(21-3)7-8-17(13)18/h7-9,14-15,19H,4-6,10-12H2,1-3H3. The van der Waals surface area contributed by atoms with Gasteiger partial charge < -0.3 is 10.1 Å². The van der Waals surface area contributed by atoms with E-state index in [-0.39, 0.29) is 0 Å². The predicted octanol–water partition coefficient (Wildman–Crippen LogP) is 3.81. The topological polar surface area (TPSA) is 24.5 Å². The Morgan fingerprint density at radius 3 is 2.86 bits per heavy atom. The fourth-order valence-electron chi connectivity index (χ4n) is 3.03. The van der Waals surface area contributed by atoms with Gasteiger partial charge in [-0.3, -0.25) is 4.90 Å². The highest BCUT2D eigenvalue weighted by molar-refractivity contribution is 9.10. The normalized spacial score (nSPS) is 23.2. The molecule has 118 valence electrons. The smallest absolute Gasteiger partial charge is 0.119 e. The van der Waals surface area contributed by atoms with Gasteiger partial charge in [0.15, 0.2) is 0 Å². The number of nitrogens with zero attached hydrogens (tertiary/aromatic N) is 1. The van der Waals surface area contributed by atoms with Crippen LogP contribution in [0.25, 0.3) is 0 Å². The van der Waals surface area contributed by atoms with Crippen molar-refractivity contribution in [1.29, 1.82) is 0 Å². The molecule has 1 aliphatic heterocycles. The van der Waals surface area contributed by atoms with Crippen LogP contribution in [0.5, 0.6) is 5.75 Å². The molecule has 2 rings (SSSR count). The molecule has 1 aromatic rings. The van der Waals surface area contributed by atoms with Crippen molar-refractivity contribution in [1.82, 2.24) is 10.2 Å². The molecule has 21 heavy (non-hydrogen) atoms. The third-order valence-electron chi connectivity index (χ3n) is 4.35. The van der Waals surface area contributed by atoms with Crippen LogP contribution in [0.3, 0.4) is 0 Å². The second-order valence-electron chi connectivity index (χ2n) is 5.84. The van der Waals surface area contributed by atoms with Gasteiger partial charge in [0.2, 0.25) is 0 Å². The van der Waals surface area contributed by atoms with Crippen molar-refractivity contribution in [3.8, 4) is 5.75 Å². The Morgan fingerprint density at radius 2 is 2.19 bits per heavy atom. The van der Waals surface area contributed by atoms with Crippen molar-refractivity contribution >= 4 is 15.9 Å². The zero-order valence-corrected chi connectivity index (χ0v) is 14.9. The SMILES string of the molecule is CCCC1CNC(CC)CN1Cc1cc(OC)ccc1Br. The van der Waals surface area contributed by atoms with Crippen molar-refractivity contribution in [3.05, 3.63) is 28.2 Å². The first-order chi connectivity index (χ1) is 10.2. The average molecular weight is 355 g/mol. The van der Waals surface area contributed by atoms with Gasteiger partial charge in [0, 0.05) is 36.2 Å². The number of hydrogen-bond donors (Lipinski definition) is 1. The first kappa shape index (κ1) is 16.8. The quantitative estimate of drug-likeness (QED) is 0.840. The van der Waals surface area contributed by atoms with Crippen molar-refractivity contribution in [2.45, 2.75) is 51.7 Å². The fraction of sp³-hybridized carbons (Fsp3) is 0.647. The predicted molar refractivity (Wildman–Crippen MR) is 91.9 cm³/mol. The number of halogens is 1. The van der Waals surface area contributed by atoms with E-state index in [1.807, 2.05) is 6.07 Å². The molecule has 2 atom stereocenters. The highest BCUT2D eigenvalue weighted by Gasteiger charge is 2.26. The molecule has 1 aromatic carbocycles. The number of piperazine rings is 1. The van der Waals surface area contributed by atoms with Gasteiger partial charge in [0.05, 0.1) is 7.11 Å². The van der Waals surface area contributed by atoms with E-state index in [4.69, 9.17) is 4.74 Å². The number of benzene rings is 1. The average Bonchev–Trinajstić information content (AvgIpc) is 2.51. The molecule has 1 heterocycles. The zero-order valence-electron chi connectivity index (χ0n) is 13.4. The molecule has 1 N–H and O–H groups in total. The van der Waals surface area contributed by atoms with Gasteiger partial charge in [0.25, 0.3) is 0 Å². The number of nitrogens with one attached hydrogen (secondary N) is 1. The van der Waals surface area contributed by atoms with Crippen molar-refractivity contribution in [3.63, 3.8) is 0 Å². The molecule has 0 bridgehead atoms. The maximum Gasteiger partial charge on any atom is 0.119 e. The lowest BCUT2D eigenvalue weighted by Crippen LogP contribution is -2.55. The minimum atomic E-state index is 0.613. The second kappa shape index (κ2) is 8.16. The summed E-state index contributed by atoms with van der Waals surface area (Å²) in [7, 11) is 1.73. The summed E-state index contributed by atoms with van der Waals surface area (Å²) < 4.78 is 6.54. The van der Waals surface area contributed by atoms with Gasteiger partial charge in [-0.2, -0.15) is 0 Å². The molecular formula is C17H27BrN2O. The summed E-state index contributed by atoms with van der Waals surface area (Å²) in [5, 5.41) is 3.68. The molecule has 1 aliphatic rings. The second-order valence-corrected chi connectivity index (χ2v) is 6.70. The summed E-state index contributed by atoms with van der Waals surface area (Å²) in [4.78, 5) is 2.63. The van der Waals surface area contributed by atoms with Crippen molar-refractivity contribution < 1.29 is 4.74 Å². The van der Waals surface area contributed by atoms with Crippen LogP contribution < -0.4 is 10.1 Å². The van der Waals surface area contributed by atoms with Gasteiger partial charge in [-0.15, -0.1) is 0 Å². The number of rotatable bonds is 6. The third-order valence-corrected chi connectivity index (χ3v) is 5.13. The molecule has 0 saturated carbocycles. The van der Waals surface area contributed by atoms with Crippen molar-refractivity contribution in [2.24, 2.45) is 0 Å². The third kappa shape index (κ3) is 4.44. The Kier molecular flexibility index (Phi) is 6.52. The molecule has 3 nitrogen and oxygen atoms in total. The molecule has 2 unspecified atom stereocenters. The molecule has 0 amide bonds. The van der Waals surface area contributed by atoms with E-state index in [1.54, 1.807) is 7.11 Å². The van der Waals surface area contributed by atoms with Crippen LogP contribution in [-0.2, 0) is 6.54 Å². The van der Waals surface area contributed by atoms with Crippen LogP contribution in [0.1, 0.15) is 38.7 Å². The summed E-state index contributed by atoms with van der Waals surface area (Å²) in [6.07, 6.45) is 3.68. The van der Waals surface area contributed by atoms with E-state index in [1.165, 1.54) is 29.3 Å². The van der Waals surface area contributed by atoms with E-state index in [9.17, 15) is 0 Å². The Hall–Kier alpha value is -0.580. The maximum atomic E-state index is 5.36. The summed E-state index contributed by atoms with van der Waals surface area (Å²) in [5.74, 6) is 0.933. The van der Waals surface area contributed by atoms with Crippen molar-refractivity contribution in [2.75, 3.05) is 20.2 Å². The van der Waals surface area contributed by atoms with Crippen LogP contribution in [0.15, 0.2) is 22.7 Å². The summed E-state index contributed by atoms with van der Waals surface area (Å²) >= 11 is 3.68. The molecular weight excluding hydrogens is 328 g/mol. The number of hydrogen-bond acceptors (Lipinski definition) is 3. The maximum absolute atomic E-state index is 5.36. The first-order valence-corrected chi connectivity index (χ1v) is 8.77. The highest BCUT2D eigenvalue weighted by Crippen LogP contribution is 2.26.